The van der Waals surface area contributed by atoms with Crippen molar-refractivity contribution in [2.75, 3.05) is 0 Å². The van der Waals surface area contributed by atoms with Gasteiger partial charge in [-0.15, -0.1) is 0 Å². The molecule has 0 radical (unpaired) electrons. The normalized spacial score (nSPS) is 17.6. The van der Waals surface area contributed by atoms with E-state index in [9.17, 15) is 0 Å². The smallest absolute Gasteiger partial charge is 0.164 e. The van der Waals surface area contributed by atoms with Crippen LogP contribution in [-0.4, -0.2) is 15.0 Å². The van der Waals surface area contributed by atoms with Crippen LogP contribution in [0.5, 0.6) is 0 Å². The summed E-state index contributed by atoms with van der Waals surface area (Å²) in [6, 6.07) is 30.7. The van der Waals surface area contributed by atoms with Crippen LogP contribution in [0.15, 0.2) is 162 Å². The molecule has 53 heavy (non-hydrogen) atoms. The highest BCUT2D eigenvalue weighted by atomic mass is 16.3. The van der Waals surface area contributed by atoms with Crippen LogP contribution in [0, 0.1) is 6.92 Å². The summed E-state index contributed by atoms with van der Waals surface area (Å²) in [5.41, 5.74) is 8.91. The van der Waals surface area contributed by atoms with E-state index in [2.05, 4.69) is 59.6 Å². The van der Waals surface area contributed by atoms with Crippen molar-refractivity contribution < 1.29 is 16.8 Å². The summed E-state index contributed by atoms with van der Waals surface area (Å²) in [7, 11) is 0. The van der Waals surface area contributed by atoms with Crippen molar-refractivity contribution in [1.82, 2.24) is 15.0 Å². The van der Waals surface area contributed by atoms with Gasteiger partial charge in [0.25, 0.3) is 0 Å². The summed E-state index contributed by atoms with van der Waals surface area (Å²) in [4.78, 5) is 14.2. The lowest BCUT2D eigenvalue weighted by Crippen LogP contribution is -2.30. The first-order valence-corrected chi connectivity index (χ1v) is 17.3. The SMILES string of the molecule is [2H]c1c([2H])c([2H])c(-c2nc(-c3ccc4c(c3)C3(c5ccccc5C=C4)c4ccccc4-c4cc5c(cc43)oc3ccccc35)nc(-c3c([2H])c([2H])c([2H])c(C)c3[2H])n2)c([2H])c1[2H]. The van der Waals surface area contributed by atoms with Gasteiger partial charge >= 0.3 is 0 Å². The molecule has 4 nitrogen and oxygen atoms in total. The van der Waals surface area contributed by atoms with Crippen LogP contribution in [0.25, 0.3) is 79.4 Å². The molecule has 0 saturated carbocycles. The van der Waals surface area contributed by atoms with Gasteiger partial charge in [0, 0.05) is 27.5 Å². The van der Waals surface area contributed by atoms with E-state index in [1.54, 1.807) is 0 Å². The second-order valence-corrected chi connectivity index (χ2v) is 13.3. The predicted octanol–water partition coefficient (Wildman–Crippen LogP) is 11.9. The van der Waals surface area contributed by atoms with E-state index in [-0.39, 0.29) is 46.2 Å². The van der Waals surface area contributed by atoms with Gasteiger partial charge in [-0.2, -0.15) is 0 Å². The molecule has 0 amide bonds. The Morgan fingerprint density at radius 1 is 0.509 bits per heavy atom. The molecule has 2 aliphatic carbocycles. The Morgan fingerprint density at radius 3 is 2.08 bits per heavy atom. The van der Waals surface area contributed by atoms with E-state index in [1.165, 1.54) is 6.92 Å². The topological polar surface area (TPSA) is 51.8 Å². The highest BCUT2D eigenvalue weighted by molar-refractivity contribution is 6.08. The van der Waals surface area contributed by atoms with Crippen molar-refractivity contribution in [2.45, 2.75) is 12.3 Å². The number of rotatable bonds is 3. The Hall–Kier alpha value is -6.91. The molecule has 1 spiro atoms. The maximum atomic E-state index is 9.00. The average molecular weight is 687 g/mol. The van der Waals surface area contributed by atoms with E-state index in [0.29, 0.717) is 5.56 Å². The molecule has 11 rings (SSSR count). The Labute approximate surface area is 319 Å². The summed E-state index contributed by atoms with van der Waals surface area (Å²) in [6.45, 7) is 1.51. The molecule has 1 unspecified atom stereocenters. The first-order chi connectivity index (χ1) is 29.9. The van der Waals surface area contributed by atoms with Crippen LogP contribution < -0.4 is 0 Å². The van der Waals surface area contributed by atoms with Gasteiger partial charge in [0.1, 0.15) is 11.2 Å². The van der Waals surface area contributed by atoms with Gasteiger partial charge in [-0.3, -0.25) is 0 Å². The summed E-state index contributed by atoms with van der Waals surface area (Å²) < 4.78 is 84.2. The van der Waals surface area contributed by atoms with Crippen molar-refractivity contribution >= 4 is 34.1 Å². The molecule has 2 heterocycles. The summed E-state index contributed by atoms with van der Waals surface area (Å²) >= 11 is 0. The molecule has 0 fully saturated rings. The Kier molecular flexibility index (Phi) is 4.71. The fourth-order valence-electron chi connectivity index (χ4n) is 8.19. The maximum absolute atomic E-state index is 9.00. The Bertz CT molecular complexity index is 3360. The molecule has 9 aromatic rings. The average Bonchev–Trinajstić information content (AvgIpc) is 3.75. The highest BCUT2D eigenvalue weighted by Gasteiger charge is 2.49. The minimum atomic E-state index is -0.903. The predicted molar refractivity (Wildman–Crippen MR) is 214 cm³/mol. The molecule has 0 bridgehead atoms. The number of benzene rings is 7. The number of furan rings is 1. The third-order valence-electron chi connectivity index (χ3n) is 10.4. The fraction of sp³-hybridized carbons (Fsp3) is 0.0408. The molecular weight excluding hydrogens is 647 g/mol. The third-order valence-corrected chi connectivity index (χ3v) is 10.4. The first-order valence-electron chi connectivity index (χ1n) is 21.8. The second kappa shape index (κ2) is 11.3. The zero-order valence-corrected chi connectivity index (χ0v) is 28.2. The van der Waals surface area contributed by atoms with Crippen LogP contribution in [0.3, 0.4) is 0 Å². The number of aromatic nitrogens is 3. The van der Waals surface area contributed by atoms with Gasteiger partial charge in [0.2, 0.25) is 0 Å². The van der Waals surface area contributed by atoms with Gasteiger partial charge in [-0.1, -0.05) is 145 Å². The molecule has 7 aromatic carbocycles. The lowest BCUT2D eigenvalue weighted by molar-refractivity contribution is 0.666. The van der Waals surface area contributed by atoms with Crippen LogP contribution in [0.2, 0.25) is 0 Å². The lowest BCUT2D eigenvalue weighted by Gasteiger charge is -2.35. The number of fused-ring (bicyclic) bond motifs is 12. The van der Waals surface area contributed by atoms with Crippen molar-refractivity contribution in [3.63, 3.8) is 0 Å². The number of para-hydroxylation sites is 1. The molecule has 4 heteroatoms. The quantitative estimate of drug-likeness (QED) is 0.186. The van der Waals surface area contributed by atoms with E-state index in [1.807, 2.05) is 60.7 Å². The lowest BCUT2D eigenvalue weighted by atomic mass is 9.65. The van der Waals surface area contributed by atoms with Gasteiger partial charge in [-0.25, -0.2) is 15.0 Å². The van der Waals surface area contributed by atoms with Crippen LogP contribution in [0.4, 0.5) is 0 Å². The summed E-state index contributed by atoms with van der Waals surface area (Å²) in [5.74, 6) is -0.422. The van der Waals surface area contributed by atoms with Gasteiger partial charge in [-0.05, 0) is 81.7 Å². The highest BCUT2D eigenvalue weighted by Crippen LogP contribution is 2.59. The van der Waals surface area contributed by atoms with Crippen molar-refractivity contribution in [3.8, 4) is 45.3 Å². The number of hydrogen-bond donors (Lipinski definition) is 0. The van der Waals surface area contributed by atoms with Gasteiger partial charge in [0.15, 0.2) is 17.5 Å². The Balaban J connectivity index is 1.24. The molecule has 248 valence electrons. The van der Waals surface area contributed by atoms with Gasteiger partial charge < -0.3 is 4.42 Å². The summed E-state index contributed by atoms with van der Waals surface area (Å²) in [6.07, 6.45) is 4.20. The van der Waals surface area contributed by atoms with E-state index >= 15 is 0 Å². The molecule has 2 aliphatic rings. The zero-order chi connectivity index (χ0) is 42.9. The minimum absolute atomic E-state index is 0.0495. The molecule has 1 atom stereocenters. The third kappa shape index (κ3) is 4.39. The molecule has 0 aliphatic heterocycles. The summed E-state index contributed by atoms with van der Waals surface area (Å²) in [5, 5.41) is 2.02. The molecule has 0 N–H and O–H groups in total. The van der Waals surface area contributed by atoms with Crippen molar-refractivity contribution in [2.24, 2.45) is 0 Å². The second-order valence-electron chi connectivity index (χ2n) is 13.3. The Morgan fingerprint density at radius 2 is 1.21 bits per heavy atom. The fourth-order valence-corrected chi connectivity index (χ4v) is 8.19. The van der Waals surface area contributed by atoms with E-state index in [4.69, 9.17) is 26.7 Å². The van der Waals surface area contributed by atoms with Crippen LogP contribution in [-0.2, 0) is 5.41 Å². The largest absolute Gasteiger partial charge is 0.456 e. The van der Waals surface area contributed by atoms with Gasteiger partial charge in [0.05, 0.1) is 17.8 Å². The van der Waals surface area contributed by atoms with Crippen molar-refractivity contribution in [1.29, 1.82) is 0 Å². The molecule has 2 aromatic heterocycles. The first kappa shape index (κ1) is 22.1. The maximum Gasteiger partial charge on any atom is 0.164 e. The number of hydrogen-bond acceptors (Lipinski definition) is 4. The van der Waals surface area contributed by atoms with E-state index < -0.39 is 47.7 Å². The van der Waals surface area contributed by atoms with Crippen LogP contribution in [0.1, 0.15) is 51.3 Å². The molecule has 0 saturated heterocycles. The number of nitrogens with zero attached hydrogens (tertiary/aromatic N) is 3. The monoisotopic (exact) mass is 686 g/mol. The zero-order valence-electron chi connectivity index (χ0n) is 37.2. The molecular formula is C49H31N3O. The standard InChI is InChI=1S/C49H31N3O/c1-30-12-11-16-34(26-30)47-50-46(33-14-3-2-4-15-33)51-48(52-47)35-25-24-32-23-22-31-13-5-8-19-40(31)49(42(32)27-35)41-20-9-6-17-36(41)38-28-39-37-18-7-10-21-44(37)53-45(39)29-43(38)49/h2-29H,1H3/i2D,3D,4D,11D,12D,14D,15D,16D,26D. The van der Waals surface area contributed by atoms with E-state index in [0.717, 1.165) is 66.4 Å². The minimum Gasteiger partial charge on any atom is -0.456 e. The van der Waals surface area contributed by atoms with Crippen molar-refractivity contribution in [3.05, 3.63) is 196 Å². The van der Waals surface area contributed by atoms with Crippen LogP contribution >= 0.6 is 0 Å².